The van der Waals surface area contributed by atoms with E-state index in [1.54, 1.807) is 6.07 Å². The van der Waals surface area contributed by atoms with Gasteiger partial charge in [0.15, 0.2) is 11.5 Å². The largest absolute Gasteiger partial charge is 0.463 e. The third-order valence-corrected chi connectivity index (χ3v) is 4.34. The summed E-state index contributed by atoms with van der Waals surface area (Å²) in [5, 5.41) is 3.29. The van der Waals surface area contributed by atoms with Crippen LogP contribution < -0.4 is 4.83 Å². The Hall–Kier alpha value is -2.75. The molecule has 3 rings (SSSR count). The number of aromatic nitrogens is 2. The molecule has 6 nitrogen and oxygen atoms in total. The number of sulfonamides is 1. The standard InChI is InChI=1S/C14H10F3N3O3S/c15-14(16,17)13-9-11(12-7-4-8-23-12)20(18-13)19-24(21,22)10-5-2-1-3-6-10/h1-9,19H. The number of alkyl halides is 3. The summed E-state index contributed by atoms with van der Waals surface area (Å²) >= 11 is 0. The van der Waals surface area contributed by atoms with Crippen LogP contribution in [0.3, 0.4) is 0 Å². The van der Waals surface area contributed by atoms with E-state index >= 15 is 0 Å². The van der Waals surface area contributed by atoms with Crippen molar-refractivity contribution in [2.45, 2.75) is 11.1 Å². The molecule has 126 valence electrons. The highest BCUT2D eigenvalue weighted by Gasteiger charge is 2.36. The summed E-state index contributed by atoms with van der Waals surface area (Å²) in [6, 6.07) is 10.8. The molecule has 0 unspecified atom stereocenters. The molecule has 0 aliphatic rings. The van der Waals surface area contributed by atoms with Crippen LogP contribution in [0.2, 0.25) is 0 Å². The highest BCUT2D eigenvalue weighted by Crippen LogP contribution is 2.31. The number of nitrogens with one attached hydrogen (secondary N) is 1. The van der Waals surface area contributed by atoms with Crippen molar-refractivity contribution in [2.24, 2.45) is 0 Å². The summed E-state index contributed by atoms with van der Waals surface area (Å²) in [4.78, 5) is 2.42. The molecule has 0 saturated heterocycles. The molecule has 2 heterocycles. The Kier molecular flexibility index (Phi) is 3.84. The van der Waals surface area contributed by atoms with Gasteiger partial charge in [-0.25, -0.2) is 0 Å². The predicted octanol–water partition coefficient (Wildman–Crippen LogP) is 3.09. The predicted molar refractivity (Wildman–Crippen MR) is 77.9 cm³/mol. The zero-order valence-corrected chi connectivity index (χ0v) is 12.7. The molecule has 0 bridgehead atoms. The molecular formula is C14H10F3N3O3S. The van der Waals surface area contributed by atoms with E-state index in [-0.39, 0.29) is 16.3 Å². The molecular weight excluding hydrogens is 347 g/mol. The van der Waals surface area contributed by atoms with Crippen molar-refractivity contribution in [3.8, 4) is 11.5 Å². The average Bonchev–Trinajstić information content (AvgIpc) is 3.16. The normalized spacial score (nSPS) is 12.3. The van der Waals surface area contributed by atoms with Crippen molar-refractivity contribution < 1.29 is 26.0 Å². The Morgan fingerprint density at radius 1 is 1.08 bits per heavy atom. The van der Waals surface area contributed by atoms with Gasteiger partial charge in [-0.2, -0.15) is 31.2 Å². The Morgan fingerprint density at radius 3 is 2.38 bits per heavy atom. The monoisotopic (exact) mass is 357 g/mol. The molecule has 1 N–H and O–H groups in total. The summed E-state index contributed by atoms with van der Waals surface area (Å²) in [7, 11) is -4.12. The lowest BCUT2D eigenvalue weighted by Gasteiger charge is -2.10. The molecule has 10 heteroatoms. The van der Waals surface area contributed by atoms with Gasteiger partial charge in [-0.15, -0.1) is 5.10 Å². The number of furan rings is 1. The summed E-state index contributed by atoms with van der Waals surface area (Å²) in [6.45, 7) is 0. The first kappa shape index (κ1) is 16.1. The number of benzene rings is 1. The van der Waals surface area contributed by atoms with E-state index in [4.69, 9.17) is 4.42 Å². The average molecular weight is 357 g/mol. The Bertz CT molecular complexity index is 933. The fourth-order valence-corrected chi connectivity index (χ4v) is 2.94. The minimum absolute atomic E-state index is 0.0359. The van der Waals surface area contributed by atoms with Gasteiger partial charge in [0.1, 0.15) is 5.69 Å². The van der Waals surface area contributed by atoms with Crippen LogP contribution in [0.1, 0.15) is 5.69 Å². The third kappa shape index (κ3) is 3.13. The first-order chi connectivity index (χ1) is 11.3. The smallest absolute Gasteiger partial charge is 0.435 e. The Balaban J connectivity index is 2.06. The Labute approximate surface area is 134 Å². The molecule has 24 heavy (non-hydrogen) atoms. The third-order valence-electron chi connectivity index (χ3n) is 3.03. The lowest BCUT2D eigenvalue weighted by atomic mass is 10.3. The van der Waals surface area contributed by atoms with E-state index < -0.39 is 21.9 Å². The highest BCUT2D eigenvalue weighted by atomic mass is 32.2. The summed E-state index contributed by atoms with van der Waals surface area (Å²) in [6.07, 6.45) is -3.48. The minimum atomic E-state index is -4.73. The van der Waals surface area contributed by atoms with Crippen LogP contribution in [0.25, 0.3) is 11.5 Å². The van der Waals surface area contributed by atoms with Gasteiger partial charge in [0.25, 0.3) is 10.0 Å². The molecule has 3 aromatic rings. The van der Waals surface area contributed by atoms with Crippen LogP contribution in [-0.4, -0.2) is 18.3 Å². The van der Waals surface area contributed by atoms with Crippen LogP contribution >= 0.6 is 0 Å². The maximum absolute atomic E-state index is 12.9. The van der Waals surface area contributed by atoms with Gasteiger partial charge in [0.2, 0.25) is 0 Å². The molecule has 0 atom stereocenters. The maximum atomic E-state index is 12.9. The second kappa shape index (κ2) is 5.71. The fraction of sp³-hybridized carbons (Fsp3) is 0.0714. The van der Waals surface area contributed by atoms with E-state index in [2.05, 4.69) is 5.10 Å². The molecule has 0 fully saturated rings. The number of hydrogen-bond donors (Lipinski definition) is 1. The quantitative estimate of drug-likeness (QED) is 0.778. The lowest BCUT2D eigenvalue weighted by molar-refractivity contribution is -0.141. The topological polar surface area (TPSA) is 77.1 Å². The molecule has 0 saturated carbocycles. The highest BCUT2D eigenvalue weighted by molar-refractivity contribution is 7.92. The van der Waals surface area contributed by atoms with Crippen LogP contribution in [-0.2, 0) is 16.2 Å². The molecule has 0 amide bonds. The fourth-order valence-electron chi connectivity index (χ4n) is 1.96. The van der Waals surface area contributed by atoms with E-state index in [9.17, 15) is 21.6 Å². The number of rotatable bonds is 4. The number of hydrogen-bond acceptors (Lipinski definition) is 4. The van der Waals surface area contributed by atoms with Gasteiger partial charge in [-0.3, -0.25) is 0 Å². The molecule has 0 aliphatic carbocycles. The van der Waals surface area contributed by atoms with E-state index in [1.807, 2.05) is 4.83 Å². The molecule has 1 aromatic carbocycles. The van der Waals surface area contributed by atoms with Crippen molar-refractivity contribution in [2.75, 3.05) is 4.83 Å². The van der Waals surface area contributed by atoms with E-state index in [0.29, 0.717) is 10.9 Å². The van der Waals surface area contributed by atoms with Crippen molar-refractivity contribution >= 4 is 10.0 Å². The van der Waals surface area contributed by atoms with Gasteiger partial charge in [-0.1, -0.05) is 18.2 Å². The van der Waals surface area contributed by atoms with Gasteiger partial charge < -0.3 is 4.42 Å². The van der Waals surface area contributed by atoms with E-state index in [1.165, 1.54) is 42.7 Å². The van der Waals surface area contributed by atoms with Crippen molar-refractivity contribution in [1.29, 1.82) is 0 Å². The summed E-state index contributed by atoms with van der Waals surface area (Å²) < 4.78 is 68.3. The number of nitrogens with zero attached hydrogens (tertiary/aromatic N) is 2. The Morgan fingerprint density at radius 2 is 1.79 bits per heavy atom. The molecule has 0 spiro atoms. The second-order valence-electron chi connectivity index (χ2n) is 4.71. The van der Waals surface area contributed by atoms with Crippen LogP contribution in [0, 0.1) is 0 Å². The SMILES string of the molecule is O=S(=O)(Nn1nc(C(F)(F)F)cc1-c1ccco1)c1ccccc1. The first-order valence-corrected chi connectivity index (χ1v) is 8.05. The lowest BCUT2D eigenvalue weighted by Crippen LogP contribution is -2.25. The summed E-state index contributed by atoms with van der Waals surface area (Å²) in [5.74, 6) is 0.0359. The van der Waals surface area contributed by atoms with Crippen LogP contribution in [0.5, 0.6) is 0 Å². The zero-order valence-electron chi connectivity index (χ0n) is 11.9. The van der Waals surface area contributed by atoms with Gasteiger partial charge in [0, 0.05) is 6.07 Å². The van der Waals surface area contributed by atoms with Crippen molar-refractivity contribution in [3.05, 3.63) is 60.5 Å². The van der Waals surface area contributed by atoms with Gasteiger partial charge >= 0.3 is 6.18 Å². The molecule has 2 aromatic heterocycles. The first-order valence-electron chi connectivity index (χ1n) is 6.56. The van der Waals surface area contributed by atoms with E-state index in [0.717, 1.165) is 0 Å². The number of halogens is 3. The summed E-state index contributed by atoms with van der Waals surface area (Å²) in [5.41, 5.74) is -1.42. The second-order valence-corrected chi connectivity index (χ2v) is 6.37. The molecule has 0 radical (unpaired) electrons. The van der Waals surface area contributed by atoms with Gasteiger partial charge in [0.05, 0.1) is 11.2 Å². The molecule has 0 aliphatic heterocycles. The van der Waals surface area contributed by atoms with Crippen LogP contribution in [0.15, 0.2) is 64.1 Å². The zero-order chi connectivity index (χ0) is 17.4. The maximum Gasteiger partial charge on any atom is 0.435 e. The van der Waals surface area contributed by atoms with Crippen LogP contribution in [0.4, 0.5) is 13.2 Å². The minimum Gasteiger partial charge on any atom is -0.463 e. The van der Waals surface area contributed by atoms with Gasteiger partial charge in [-0.05, 0) is 24.3 Å². The van der Waals surface area contributed by atoms with Crippen molar-refractivity contribution in [3.63, 3.8) is 0 Å². The van der Waals surface area contributed by atoms with Crippen molar-refractivity contribution in [1.82, 2.24) is 9.89 Å².